The average Bonchev–Trinajstić information content (AvgIpc) is 3.04. The van der Waals surface area contributed by atoms with Crippen LogP contribution in [0.4, 0.5) is 5.00 Å². The molecule has 1 heterocycles. The largest absolute Gasteiger partial charge is 0.462 e. The fraction of sp³-hybridized carbons (Fsp3) is 0.619. The van der Waals surface area contributed by atoms with Gasteiger partial charge in [-0.15, -0.1) is 11.3 Å². The van der Waals surface area contributed by atoms with E-state index in [0.29, 0.717) is 35.2 Å². The van der Waals surface area contributed by atoms with E-state index in [-0.39, 0.29) is 19.1 Å². The molecule has 1 rings (SSSR count). The molecule has 2 N–H and O–H groups in total. The average molecular weight is 441 g/mol. The van der Waals surface area contributed by atoms with E-state index in [1.165, 1.54) is 11.3 Å². The molecular formula is C21H32N2O6S. The van der Waals surface area contributed by atoms with Crippen LogP contribution in [0.5, 0.6) is 0 Å². The van der Waals surface area contributed by atoms with Gasteiger partial charge in [-0.1, -0.05) is 27.7 Å². The van der Waals surface area contributed by atoms with Crippen LogP contribution in [0.25, 0.3) is 0 Å². The number of nitrogens with one attached hydrogen (secondary N) is 2. The molecule has 0 saturated heterocycles. The second kappa shape index (κ2) is 13.0. The molecule has 0 saturated carbocycles. The zero-order valence-electron chi connectivity index (χ0n) is 18.3. The number of amides is 2. The van der Waals surface area contributed by atoms with E-state index in [2.05, 4.69) is 10.6 Å². The molecule has 0 aliphatic heterocycles. The third-order valence-corrected chi connectivity index (χ3v) is 4.92. The van der Waals surface area contributed by atoms with E-state index in [1.54, 1.807) is 6.92 Å². The van der Waals surface area contributed by atoms with E-state index in [4.69, 9.17) is 9.47 Å². The van der Waals surface area contributed by atoms with E-state index < -0.39 is 24.5 Å². The predicted molar refractivity (Wildman–Crippen MR) is 115 cm³/mol. The maximum Gasteiger partial charge on any atom is 0.341 e. The van der Waals surface area contributed by atoms with Crippen molar-refractivity contribution in [2.75, 3.05) is 25.1 Å². The molecule has 1 aromatic heterocycles. The Labute approximate surface area is 181 Å². The Hall–Kier alpha value is -2.42. The van der Waals surface area contributed by atoms with Crippen molar-refractivity contribution in [3.8, 4) is 0 Å². The number of anilines is 1. The van der Waals surface area contributed by atoms with Crippen molar-refractivity contribution in [1.29, 1.82) is 0 Å². The molecule has 1 aromatic rings. The van der Waals surface area contributed by atoms with Crippen LogP contribution < -0.4 is 10.6 Å². The summed E-state index contributed by atoms with van der Waals surface area (Å²) in [7, 11) is 0. The van der Waals surface area contributed by atoms with Gasteiger partial charge in [-0.25, -0.2) is 4.79 Å². The van der Waals surface area contributed by atoms with Crippen molar-refractivity contribution in [1.82, 2.24) is 5.32 Å². The highest BCUT2D eigenvalue weighted by Crippen LogP contribution is 2.30. The molecule has 0 aliphatic rings. The fourth-order valence-corrected chi connectivity index (χ4v) is 3.52. The van der Waals surface area contributed by atoms with Crippen LogP contribution in [0.1, 0.15) is 63.4 Å². The normalized spacial score (nSPS) is 10.8. The summed E-state index contributed by atoms with van der Waals surface area (Å²) in [6, 6.07) is 0. The van der Waals surface area contributed by atoms with E-state index in [1.807, 2.05) is 33.1 Å². The van der Waals surface area contributed by atoms with Gasteiger partial charge in [-0.2, -0.15) is 0 Å². The molecule has 0 aromatic carbocycles. The summed E-state index contributed by atoms with van der Waals surface area (Å²) >= 11 is 1.23. The monoisotopic (exact) mass is 440 g/mol. The molecule has 0 spiro atoms. The fourth-order valence-electron chi connectivity index (χ4n) is 2.54. The van der Waals surface area contributed by atoms with Gasteiger partial charge in [0.25, 0.3) is 5.91 Å². The van der Waals surface area contributed by atoms with Crippen LogP contribution in [-0.4, -0.2) is 43.5 Å². The first-order chi connectivity index (χ1) is 14.1. The number of ether oxygens (including phenoxy) is 2. The lowest BCUT2D eigenvalue weighted by molar-refractivity contribution is -0.147. The van der Waals surface area contributed by atoms with Crippen LogP contribution >= 0.6 is 11.3 Å². The van der Waals surface area contributed by atoms with Crippen LogP contribution in [0, 0.1) is 11.8 Å². The van der Waals surface area contributed by atoms with Gasteiger partial charge in [0.15, 0.2) is 6.61 Å². The second-order valence-electron chi connectivity index (χ2n) is 7.70. The Balaban J connectivity index is 2.58. The molecule has 0 aliphatic carbocycles. The lowest BCUT2D eigenvalue weighted by atomic mass is 10.0. The summed E-state index contributed by atoms with van der Waals surface area (Å²) in [5, 5.41) is 7.26. The van der Waals surface area contributed by atoms with Gasteiger partial charge in [0.05, 0.1) is 12.2 Å². The van der Waals surface area contributed by atoms with Crippen molar-refractivity contribution in [2.45, 2.75) is 53.9 Å². The van der Waals surface area contributed by atoms with Gasteiger partial charge >= 0.3 is 11.9 Å². The Morgan fingerprint density at radius 2 is 1.73 bits per heavy atom. The standard InChI is InChI=1S/C21H32N2O6S/c1-6-28-21(27)19-15(9-14(4)5)12-30-20(19)23-17(25)11-29-18(26)10-22-16(24)8-7-13(2)3/h12-14H,6-11H2,1-5H3,(H,22,24)(H,23,25). The highest BCUT2D eigenvalue weighted by atomic mass is 32.1. The Bertz CT molecular complexity index is 742. The van der Waals surface area contributed by atoms with E-state index in [9.17, 15) is 19.2 Å². The summed E-state index contributed by atoms with van der Waals surface area (Å²) in [6.45, 7) is 9.21. The van der Waals surface area contributed by atoms with Gasteiger partial charge < -0.3 is 20.1 Å². The number of hydrogen-bond acceptors (Lipinski definition) is 7. The molecule has 168 valence electrons. The molecule has 0 fully saturated rings. The van der Waals surface area contributed by atoms with Gasteiger partial charge in [0, 0.05) is 6.42 Å². The number of carbonyl (C=O) groups is 4. The number of hydrogen-bond donors (Lipinski definition) is 2. The number of carbonyl (C=O) groups excluding carboxylic acids is 4. The molecular weight excluding hydrogens is 408 g/mol. The third-order valence-electron chi connectivity index (χ3n) is 3.97. The maximum atomic E-state index is 12.3. The van der Waals surface area contributed by atoms with Crippen LogP contribution in [-0.2, 0) is 30.3 Å². The summed E-state index contributed by atoms with van der Waals surface area (Å²) in [6.07, 6.45) is 1.73. The Morgan fingerprint density at radius 1 is 1.03 bits per heavy atom. The highest BCUT2D eigenvalue weighted by molar-refractivity contribution is 7.15. The smallest absolute Gasteiger partial charge is 0.341 e. The van der Waals surface area contributed by atoms with Gasteiger partial charge in [0.1, 0.15) is 11.5 Å². The first kappa shape index (κ1) is 25.6. The lowest BCUT2D eigenvalue weighted by Crippen LogP contribution is -2.32. The maximum absolute atomic E-state index is 12.3. The lowest BCUT2D eigenvalue weighted by Gasteiger charge is -2.10. The van der Waals surface area contributed by atoms with Crippen molar-refractivity contribution in [3.63, 3.8) is 0 Å². The minimum absolute atomic E-state index is 0.226. The number of esters is 2. The van der Waals surface area contributed by atoms with Crippen LogP contribution in [0.3, 0.4) is 0 Å². The number of rotatable bonds is 12. The number of thiophene rings is 1. The van der Waals surface area contributed by atoms with E-state index in [0.717, 1.165) is 12.0 Å². The van der Waals surface area contributed by atoms with E-state index >= 15 is 0 Å². The van der Waals surface area contributed by atoms with Gasteiger partial charge in [-0.3, -0.25) is 14.4 Å². The molecule has 8 nitrogen and oxygen atoms in total. The van der Waals surface area contributed by atoms with Crippen molar-refractivity contribution >= 4 is 40.1 Å². The SMILES string of the molecule is CCOC(=O)c1c(CC(C)C)csc1NC(=O)COC(=O)CNC(=O)CCC(C)C. The van der Waals surface area contributed by atoms with Gasteiger partial charge in [-0.05, 0) is 42.5 Å². The topological polar surface area (TPSA) is 111 Å². The zero-order chi connectivity index (χ0) is 22.7. The molecule has 0 bridgehead atoms. The van der Waals surface area contributed by atoms with Gasteiger partial charge in [0.2, 0.25) is 5.91 Å². The minimum atomic E-state index is -0.708. The highest BCUT2D eigenvalue weighted by Gasteiger charge is 2.22. The summed E-state index contributed by atoms with van der Waals surface area (Å²) in [4.78, 5) is 47.9. The zero-order valence-corrected chi connectivity index (χ0v) is 19.1. The molecule has 0 atom stereocenters. The minimum Gasteiger partial charge on any atom is -0.462 e. The second-order valence-corrected chi connectivity index (χ2v) is 8.58. The molecule has 0 radical (unpaired) electrons. The summed E-state index contributed by atoms with van der Waals surface area (Å²) in [5.74, 6) is -1.29. The molecule has 2 amide bonds. The van der Waals surface area contributed by atoms with Crippen molar-refractivity contribution < 1.29 is 28.7 Å². The third kappa shape index (κ3) is 9.39. The summed E-state index contributed by atoms with van der Waals surface area (Å²) < 4.78 is 10.0. The molecule has 0 unspecified atom stereocenters. The van der Waals surface area contributed by atoms with Crippen molar-refractivity contribution in [2.24, 2.45) is 11.8 Å². The Morgan fingerprint density at radius 3 is 2.33 bits per heavy atom. The molecule has 9 heteroatoms. The van der Waals surface area contributed by atoms with Crippen LogP contribution in [0.2, 0.25) is 0 Å². The van der Waals surface area contributed by atoms with Crippen LogP contribution in [0.15, 0.2) is 5.38 Å². The first-order valence-corrected chi connectivity index (χ1v) is 11.0. The first-order valence-electron chi connectivity index (χ1n) is 10.1. The summed E-state index contributed by atoms with van der Waals surface area (Å²) in [5.41, 5.74) is 1.15. The quantitative estimate of drug-likeness (QED) is 0.483. The molecule has 30 heavy (non-hydrogen) atoms. The predicted octanol–water partition coefficient (Wildman–Crippen LogP) is 3.16. The van der Waals surface area contributed by atoms with Crippen molar-refractivity contribution in [3.05, 3.63) is 16.5 Å². The Kier molecular flexibility index (Phi) is 11.1.